The highest BCUT2D eigenvalue weighted by Crippen LogP contribution is 2.27. The number of nitrogens with one attached hydrogen (secondary N) is 2. The van der Waals surface area contributed by atoms with Crippen molar-refractivity contribution in [2.75, 3.05) is 6.61 Å². The summed E-state index contributed by atoms with van der Waals surface area (Å²) in [5.41, 5.74) is 5.36. The molecule has 0 unspecified atom stereocenters. The largest absolute Gasteiger partial charge is 0.482 e. The molecule has 5 nitrogen and oxygen atoms in total. The average Bonchev–Trinajstić information content (AvgIpc) is 2.58. The van der Waals surface area contributed by atoms with Gasteiger partial charge in [-0.15, -0.1) is 0 Å². The first kappa shape index (κ1) is 17.8. The summed E-state index contributed by atoms with van der Waals surface area (Å²) in [4.78, 5) is 23.2. The molecule has 0 atom stereocenters. The van der Waals surface area contributed by atoms with Crippen LogP contribution in [-0.2, 0) is 9.59 Å². The maximum absolute atomic E-state index is 11.6. The van der Waals surface area contributed by atoms with Gasteiger partial charge >= 0.3 is 0 Å². The van der Waals surface area contributed by atoms with Crippen molar-refractivity contribution in [3.8, 4) is 5.75 Å². The van der Waals surface area contributed by atoms with Crippen LogP contribution in [-0.4, -0.2) is 18.4 Å². The highest BCUT2D eigenvalue weighted by Gasteiger charge is 2.07. The van der Waals surface area contributed by atoms with Gasteiger partial charge in [-0.25, -0.2) is 0 Å². The summed E-state index contributed by atoms with van der Waals surface area (Å²) in [5, 5.41) is 0.763. The van der Waals surface area contributed by atoms with Gasteiger partial charge in [0.2, 0.25) is 0 Å². The van der Waals surface area contributed by atoms with Crippen LogP contribution in [0.15, 0.2) is 54.6 Å². The fourth-order valence-electron chi connectivity index (χ4n) is 1.68. The van der Waals surface area contributed by atoms with Crippen molar-refractivity contribution in [3.05, 3.63) is 70.2 Å². The summed E-state index contributed by atoms with van der Waals surface area (Å²) in [6, 6.07) is 14.0. The van der Waals surface area contributed by atoms with Crippen molar-refractivity contribution >= 4 is 41.1 Å². The Kier molecular flexibility index (Phi) is 6.66. The van der Waals surface area contributed by atoms with Crippen molar-refractivity contribution in [1.29, 1.82) is 0 Å². The molecule has 0 saturated carbocycles. The van der Waals surface area contributed by atoms with E-state index in [4.69, 9.17) is 27.9 Å². The maximum atomic E-state index is 11.6. The number of hydrazine groups is 1. The minimum Gasteiger partial charge on any atom is -0.482 e. The zero-order valence-corrected chi connectivity index (χ0v) is 14.0. The monoisotopic (exact) mass is 364 g/mol. The number of rotatable bonds is 5. The van der Waals surface area contributed by atoms with E-state index in [2.05, 4.69) is 10.9 Å². The highest BCUT2D eigenvalue weighted by molar-refractivity contribution is 6.35. The van der Waals surface area contributed by atoms with E-state index in [0.717, 1.165) is 5.56 Å². The molecule has 2 rings (SSSR count). The van der Waals surface area contributed by atoms with Crippen LogP contribution >= 0.6 is 23.2 Å². The topological polar surface area (TPSA) is 67.4 Å². The smallest absolute Gasteiger partial charge is 0.276 e. The second-order valence-corrected chi connectivity index (χ2v) is 5.49. The van der Waals surface area contributed by atoms with Gasteiger partial charge in [0.1, 0.15) is 5.75 Å². The van der Waals surface area contributed by atoms with Crippen molar-refractivity contribution in [1.82, 2.24) is 10.9 Å². The van der Waals surface area contributed by atoms with Crippen LogP contribution < -0.4 is 15.6 Å². The van der Waals surface area contributed by atoms with E-state index in [-0.39, 0.29) is 6.61 Å². The van der Waals surface area contributed by atoms with E-state index >= 15 is 0 Å². The first-order valence-electron chi connectivity index (χ1n) is 6.94. The standard InChI is InChI=1S/C17H14Cl2N2O3/c18-13-7-8-15(14(19)10-13)24-11-17(23)21-20-16(22)9-6-12-4-2-1-3-5-12/h1-10H,11H2,(H,20,22)(H,21,23)/b9-6-. The predicted octanol–water partition coefficient (Wildman–Crippen LogP) is 3.23. The molecule has 124 valence electrons. The normalized spacial score (nSPS) is 10.4. The zero-order chi connectivity index (χ0) is 17.4. The zero-order valence-electron chi connectivity index (χ0n) is 12.5. The van der Waals surface area contributed by atoms with Crippen LogP contribution in [0.1, 0.15) is 5.56 Å². The van der Waals surface area contributed by atoms with E-state index in [9.17, 15) is 9.59 Å². The first-order chi connectivity index (χ1) is 11.5. The van der Waals surface area contributed by atoms with E-state index in [0.29, 0.717) is 15.8 Å². The van der Waals surface area contributed by atoms with Crippen LogP contribution in [0, 0.1) is 0 Å². The molecular weight excluding hydrogens is 351 g/mol. The Hall–Kier alpha value is -2.50. The average molecular weight is 365 g/mol. The lowest BCUT2D eigenvalue weighted by Gasteiger charge is -2.09. The molecule has 0 saturated heterocycles. The number of amides is 2. The number of halogens is 2. The van der Waals surface area contributed by atoms with Gasteiger partial charge in [0, 0.05) is 11.1 Å². The van der Waals surface area contributed by atoms with Crippen molar-refractivity contribution in [2.45, 2.75) is 0 Å². The molecule has 7 heteroatoms. The third-order valence-corrected chi connectivity index (χ3v) is 3.34. The molecule has 2 aromatic carbocycles. The van der Waals surface area contributed by atoms with Crippen LogP contribution in [0.4, 0.5) is 0 Å². The third-order valence-electron chi connectivity index (χ3n) is 2.80. The summed E-state index contributed by atoms with van der Waals surface area (Å²) in [6.07, 6.45) is 2.94. The Labute approximate surface area is 149 Å². The molecule has 0 bridgehead atoms. The molecule has 2 amide bonds. The Bertz CT molecular complexity index is 749. The molecule has 0 heterocycles. The molecule has 0 aromatic heterocycles. The van der Waals surface area contributed by atoms with Crippen LogP contribution in [0.2, 0.25) is 10.0 Å². The summed E-state index contributed by atoms with van der Waals surface area (Å²) in [7, 11) is 0. The van der Waals surface area contributed by atoms with Gasteiger partial charge in [0.25, 0.3) is 11.8 Å². The van der Waals surface area contributed by atoms with Crippen molar-refractivity contribution in [2.24, 2.45) is 0 Å². The number of benzene rings is 2. The lowest BCUT2D eigenvalue weighted by molar-refractivity contribution is -0.128. The van der Waals surface area contributed by atoms with E-state index in [1.54, 1.807) is 18.2 Å². The van der Waals surface area contributed by atoms with Gasteiger partial charge in [0.15, 0.2) is 6.61 Å². The van der Waals surface area contributed by atoms with E-state index in [1.165, 1.54) is 12.1 Å². The number of carbonyl (C=O) groups excluding carboxylic acids is 2. The number of ether oxygens (including phenoxy) is 1. The van der Waals surface area contributed by atoms with E-state index < -0.39 is 11.8 Å². The van der Waals surface area contributed by atoms with Gasteiger partial charge in [-0.2, -0.15) is 0 Å². The Morgan fingerprint density at radius 3 is 2.50 bits per heavy atom. The van der Waals surface area contributed by atoms with Crippen LogP contribution in [0.3, 0.4) is 0 Å². The number of hydrogen-bond acceptors (Lipinski definition) is 3. The second kappa shape index (κ2) is 8.96. The SMILES string of the molecule is O=C(/C=C\c1ccccc1)NNC(=O)COc1ccc(Cl)cc1Cl. The molecule has 0 radical (unpaired) electrons. The minimum atomic E-state index is -0.525. The van der Waals surface area contributed by atoms with Crippen LogP contribution in [0.25, 0.3) is 6.08 Å². The molecule has 0 fully saturated rings. The number of hydrogen-bond donors (Lipinski definition) is 2. The molecule has 2 aromatic rings. The summed E-state index contributed by atoms with van der Waals surface area (Å²) < 4.78 is 5.24. The van der Waals surface area contributed by atoms with Gasteiger partial charge in [-0.1, -0.05) is 53.5 Å². The lowest BCUT2D eigenvalue weighted by Crippen LogP contribution is -2.43. The molecule has 24 heavy (non-hydrogen) atoms. The van der Waals surface area contributed by atoms with Gasteiger partial charge in [0.05, 0.1) is 5.02 Å². The molecule has 2 N–H and O–H groups in total. The minimum absolute atomic E-state index is 0.296. The Balaban J connectivity index is 1.74. The summed E-state index contributed by atoms with van der Waals surface area (Å²) in [5.74, 6) is -0.661. The predicted molar refractivity (Wildman–Crippen MR) is 93.7 cm³/mol. The van der Waals surface area contributed by atoms with Gasteiger partial charge in [-0.3, -0.25) is 20.4 Å². The Morgan fingerprint density at radius 1 is 1.04 bits per heavy atom. The van der Waals surface area contributed by atoms with Crippen molar-refractivity contribution < 1.29 is 14.3 Å². The fraction of sp³-hybridized carbons (Fsp3) is 0.0588. The van der Waals surface area contributed by atoms with Crippen LogP contribution in [0.5, 0.6) is 5.75 Å². The fourth-order valence-corrected chi connectivity index (χ4v) is 2.14. The maximum Gasteiger partial charge on any atom is 0.276 e. The third kappa shape index (κ3) is 5.95. The lowest BCUT2D eigenvalue weighted by atomic mass is 10.2. The van der Waals surface area contributed by atoms with Gasteiger partial charge in [-0.05, 0) is 29.8 Å². The number of carbonyl (C=O) groups is 2. The second-order valence-electron chi connectivity index (χ2n) is 4.64. The Morgan fingerprint density at radius 2 is 1.79 bits per heavy atom. The molecule has 0 aliphatic rings. The molecule has 0 aliphatic heterocycles. The molecule has 0 spiro atoms. The summed E-state index contributed by atoms with van der Waals surface area (Å²) >= 11 is 11.7. The molecule has 0 aliphatic carbocycles. The van der Waals surface area contributed by atoms with E-state index in [1.807, 2.05) is 30.3 Å². The molecular formula is C17H14Cl2N2O3. The first-order valence-corrected chi connectivity index (χ1v) is 7.70. The highest BCUT2D eigenvalue weighted by atomic mass is 35.5. The van der Waals surface area contributed by atoms with Crippen molar-refractivity contribution in [3.63, 3.8) is 0 Å². The summed E-state index contributed by atoms with van der Waals surface area (Å²) in [6.45, 7) is -0.302. The van der Waals surface area contributed by atoms with Gasteiger partial charge < -0.3 is 4.74 Å². The quantitative estimate of drug-likeness (QED) is 0.632.